The minimum Gasteiger partial charge on any atom is -0.458 e. The van der Waals surface area contributed by atoms with Gasteiger partial charge in [-0.2, -0.15) is 0 Å². The molecule has 0 saturated carbocycles. The molecule has 3 fully saturated rings. The van der Waals surface area contributed by atoms with Crippen LogP contribution in [0.2, 0.25) is 0 Å². The Kier molecular flexibility index (Phi) is 15.6. The third-order valence-corrected chi connectivity index (χ3v) is 13.7. The van der Waals surface area contributed by atoms with E-state index in [2.05, 4.69) is 15.3 Å². The number of hydrogen-bond donors (Lipinski definition) is 1. The number of amides is 2. The van der Waals surface area contributed by atoms with E-state index >= 15 is 0 Å². The molecule has 336 valence electrons. The second kappa shape index (κ2) is 19.7. The van der Waals surface area contributed by atoms with Gasteiger partial charge in [0.05, 0.1) is 36.1 Å². The average molecular weight is 862 g/mol. The number of carbonyl (C=O) groups is 4. The summed E-state index contributed by atoms with van der Waals surface area (Å²) in [4.78, 5) is 65.9. The van der Waals surface area contributed by atoms with Crippen molar-refractivity contribution in [3.05, 3.63) is 17.8 Å². The number of ether oxygens (including phenoxy) is 5. The molecule has 0 spiro atoms. The summed E-state index contributed by atoms with van der Waals surface area (Å²) in [5.41, 5.74) is -1.86. The number of nitrogens with zero attached hydrogens (tertiary/aromatic N) is 7. The van der Waals surface area contributed by atoms with Crippen LogP contribution in [-0.4, -0.2) is 158 Å². The number of thiazole rings is 1. The van der Waals surface area contributed by atoms with E-state index in [-0.39, 0.29) is 36.9 Å². The van der Waals surface area contributed by atoms with Gasteiger partial charge in [-0.3, -0.25) is 24.0 Å². The number of ketones is 1. The number of aryl methyl sites for hydroxylation is 1. The Hall–Kier alpha value is -3.55. The number of rotatable bonds is 11. The van der Waals surface area contributed by atoms with Crippen LogP contribution in [0.5, 0.6) is 0 Å². The zero-order valence-corrected chi connectivity index (χ0v) is 38.2. The molecular weight excluding hydrogens is 795 g/mol. The van der Waals surface area contributed by atoms with Crippen molar-refractivity contribution in [3.63, 3.8) is 0 Å². The first-order valence-electron chi connectivity index (χ1n) is 21.3. The molecule has 2 amide bonds. The van der Waals surface area contributed by atoms with Crippen molar-refractivity contribution in [2.75, 3.05) is 34.3 Å². The van der Waals surface area contributed by atoms with Gasteiger partial charge in [0.2, 0.25) is 5.91 Å². The number of methoxy groups -OCH3 is 1. The zero-order valence-electron chi connectivity index (χ0n) is 37.4. The van der Waals surface area contributed by atoms with Crippen molar-refractivity contribution < 1.29 is 48.0 Å². The maximum absolute atomic E-state index is 14.5. The summed E-state index contributed by atoms with van der Waals surface area (Å²) in [6.07, 6.45) is 1.08. The molecule has 5 heterocycles. The number of Topliss-reactive ketones (excluding diaryl/α,β-unsaturated/α-hetero) is 1. The summed E-state index contributed by atoms with van der Waals surface area (Å²) < 4.78 is 33.3. The van der Waals surface area contributed by atoms with E-state index < -0.39 is 77.6 Å². The Morgan fingerprint density at radius 3 is 2.42 bits per heavy atom. The third-order valence-electron chi connectivity index (χ3n) is 12.9. The third kappa shape index (κ3) is 10.0. The molecule has 17 nitrogen and oxygen atoms in total. The van der Waals surface area contributed by atoms with Crippen LogP contribution < -0.4 is 0 Å². The summed E-state index contributed by atoms with van der Waals surface area (Å²) in [6, 6.07) is -1.58. The molecule has 2 aromatic rings. The lowest BCUT2D eigenvalue weighted by atomic mass is 9.78. The fourth-order valence-electron chi connectivity index (χ4n) is 9.62. The molecule has 18 heteroatoms. The van der Waals surface area contributed by atoms with Crippen LogP contribution in [-0.2, 0) is 44.6 Å². The Bertz CT molecular complexity index is 1780. The van der Waals surface area contributed by atoms with Crippen molar-refractivity contribution in [1.82, 2.24) is 34.7 Å². The standard InChI is InChI=1S/C42H67N7O10S/c1-13-32-42(9)35(48(40(54)59-42)18-15-14-17-47-23-30(44-45-47)37-43-16-19-60-37)28(6)49(29(7)50)22-24(2)21-41(8,55-12)36(26(4)33(51)27(5)38(53)57-32)58-39-34(52)31(46(10)11)20-25(3)56-39/h16,19,23-28,31-32,34-36,39,52H,13-15,17-18,20-22H2,1-12H3/t24-,25-,26+,27-,28-,31?,32-,34?,35-,36-,39+,41-,42-/m1/s1. The van der Waals surface area contributed by atoms with Crippen molar-refractivity contribution in [3.8, 4) is 10.7 Å². The number of fused-ring (bicyclic) bond motifs is 1. The zero-order chi connectivity index (χ0) is 44.3. The van der Waals surface area contributed by atoms with E-state index in [1.807, 2.05) is 65.2 Å². The molecule has 0 aliphatic carbocycles. The lowest BCUT2D eigenvalue weighted by Gasteiger charge is -2.47. The van der Waals surface area contributed by atoms with Crippen LogP contribution in [0, 0.1) is 17.8 Å². The highest BCUT2D eigenvalue weighted by Gasteiger charge is 2.60. The summed E-state index contributed by atoms with van der Waals surface area (Å²) in [5, 5.41) is 22.6. The number of carbonyl (C=O) groups excluding carboxylic acids is 4. The van der Waals surface area contributed by atoms with Crippen LogP contribution >= 0.6 is 11.3 Å². The maximum Gasteiger partial charge on any atom is 0.410 e. The fraction of sp³-hybridized carbons (Fsp3) is 0.786. The van der Waals surface area contributed by atoms with Crippen LogP contribution in [0.3, 0.4) is 0 Å². The summed E-state index contributed by atoms with van der Waals surface area (Å²) in [5.74, 6) is -3.81. The molecule has 0 aromatic carbocycles. The van der Waals surface area contributed by atoms with Gasteiger partial charge in [-0.15, -0.1) is 16.4 Å². The van der Waals surface area contributed by atoms with E-state index in [1.165, 1.54) is 25.2 Å². The van der Waals surface area contributed by atoms with Crippen molar-refractivity contribution in [2.45, 2.75) is 161 Å². The Morgan fingerprint density at radius 2 is 1.80 bits per heavy atom. The lowest BCUT2D eigenvalue weighted by molar-refractivity contribution is -0.295. The number of aromatic nitrogens is 4. The molecule has 1 N–H and O–H groups in total. The quantitative estimate of drug-likeness (QED) is 0.190. The van der Waals surface area contributed by atoms with E-state index in [0.29, 0.717) is 44.5 Å². The second-order valence-electron chi connectivity index (χ2n) is 17.7. The van der Waals surface area contributed by atoms with Crippen molar-refractivity contribution in [1.29, 1.82) is 0 Å². The molecule has 2 aromatic heterocycles. The molecule has 0 bridgehead atoms. The first kappa shape index (κ1) is 47.5. The highest BCUT2D eigenvalue weighted by molar-refractivity contribution is 7.13. The number of aliphatic hydroxyl groups excluding tert-OH is 1. The normalized spacial score (nSPS) is 36.1. The molecule has 2 unspecified atom stereocenters. The molecule has 5 rings (SSSR count). The van der Waals surface area contributed by atoms with Crippen molar-refractivity contribution >= 4 is 35.1 Å². The molecule has 13 atom stereocenters. The molecule has 3 saturated heterocycles. The minimum absolute atomic E-state index is 0.209. The first-order chi connectivity index (χ1) is 28.3. The van der Waals surface area contributed by atoms with E-state index in [9.17, 15) is 24.3 Å². The number of esters is 1. The van der Waals surface area contributed by atoms with Gasteiger partial charge in [-0.1, -0.05) is 26.0 Å². The number of likely N-dealkylation sites (N-methyl/N-ethyl adjacent to an activating group) is 1. The summed E-state index contributed by atoms with van der Waals surface area (Å²) >= 11 is 1.48. The topological polar surface area (TPSA) is 188 Å². The van der Waals surface area contributed by atoms with E-state index in [0.717, 1.165) is 5.01 Å². The monoisotopic (exact) mass is 861 g/mol. The fourth-order valence-corrected chi connectivity index (χ4v) is 10.2. The SMILES string of the molecule is CC[C@H]1OC(=O)[C@H](C)C(=O)[C@H](C)[C@@H](O[C@@H]2O[C@H](C)CC(N(C)C)C2O)[C@](C)(OC)C[C@@H](C)CN(C(C)=O)[C@H](C)[C@H]2N(CCCCn3cc(-c4nccs4)nn3)C(=O)O[C@]12C. The highest BCUT2D eigenvalue weighted by atomic mass is 32.1. The predicted octanol–water partition coefficient (Wildman–Crippen LogP) is 4.42. The number of aliphatic hydroxyl groups is 1. The highest BCUT2D eigenvalue weighted by Crippen LogP contribution is 2.41. The second-order valence-corrected chi connectivity index (χ2v) is 18.6. The van der Waals surface area contributed by atoms with E-state index in [1.54, 1.807) is 41.6 Å². The van der Waals surface area contributed by atoms with Crippen LogP contribution in [0.4, 0.5) is 4.79 Å². The van der Waals surface area contributed by atoms with Gasteiger partial charge in [0, 0.05) is 57.2 Å². The molecule has 3 aliphatic rings. The molecule has 0 radical (unpaired) electrons. The Labute approximate surface area is 358 Å². The lowest BCUT2D eigenvalue weighted by Crippen LogP contribution is -2.62. The molecule has 3 aliphatic heterocycles. The van der Waals surface area contributed by atoms with E-state index in [4.69, 9.17) is 23.7 Å². The molecular formula is C42H67N7O10S. The number of unbranched alkanes of at least 4 members (excludes halogenated alkanes) is 1. The average Bonchev–Trinajstić information content (AvgIpc) is 3.96. The smallest absolute Gasteiger partial charge is 0.410 e. The Morgan fingerprint density at radius 1 is 1.10 bits per heavy atom. The van der Waals surface area contributed by atoms with Gasteiger partial charge in [-0.05, 0) is 86.7 Å². The van der Waals surface area contributed by atoms with Gasteiger partial charge in [-0.25, -0.2) is 9.78 Å². The Balaban J connectivity index is 1.46. The number of hydrogen-bond acceptors (Lipinski definition) is 15. The maximum atomic E-state index is 14.5. The van der Waals surface area contributed by atoms with Gasteiger partial charge < -0.3 is 38.6 Å². The van der Waals surface area contributed by atoms with Crippen LogP contribution in [0.1, 0.15) is 94.4 Å². The van der Waals surface area contributed by atoms with Crippen LogP contribution in [0.25, 0.3) is 10.7 Å². The minimum atomic E-state index is -1.39. The first-order valence-corrected chi connectivity index (χ1v) is 22.2. The summed E-state index contributed by atoms with van der Waals surface area (Å²) in [7, 11) is 5.31. The molecule has 60 heavy (non-hydrogen) atoms. The van der Waals surface area contributed by atoms with Gasteiger partial charge in [0.25, 0.3) is 0 Å². The summed E-state index contributed by atoms with van der Waals surface area (Å²) in [6.45, 7) is 17.1. The largest absolute Gasteiger partial charge is 0.458 e. The predicted molar refractivity (Wildman–Crippen MR) is 223 cm³/mol. The van der Waals surface area contributed by atoms with Crippen LogP contribution in [0.15, 0.2) is 17.8 Å². The number of cyclic esters (lactones) is 1. The van der Waals surface area contributed by atoms with Crippen molar-refractivity contribution in [2.24, 2.45) is 17.8 Å². The van der Waals surface area contributed by atoms with Gasteiger partial charge in [0.15, 0.2) is 17.7 Å². The van der Waals surface area contributed by atoms with Gasteiger partial charge >= 0.3 is 12.1 Å². The van der Waals surface area contributed by atoms with Gasteiger partial charge in [0.1, 0.15) is 28.8 Å².